The van der Waals surface area contributed by atoms with Gasteiger partial charge in [-0.1, -0.05) is 15.9 Å². The van der Waals surface area contributed by atoms with Gasteiger partial charge in [-0.05, 0) is 29.9 Å². The summed E-state index contributed by atoms with van der Waals surface area (Å²) in [6, 6.07) is 5.69. The molecule has 17 heavy (non-hydrogen) atoms. The van der Waals surface area contributed by atoms with E-state index in [9.17, 15) is 4.79 Å². The van der Waals surface area contributed by atoms with Gasteiger partial charge in [0.1, 0.15) is 5.75 Å². The number of hydrogen-bond donors (Lipinski definition) is 1. The first kappa shape index (κ1) is 12.8. The molecule has 0 aliphatic carbocycles. The Labute approximate surface area is 115 Å². The van der Waals surface area contributed by atoms with Crippen LogP contribution >= 0.6 is 28.6 Å². The van der Waals surface area contributed by atoms with Crippen LogP contribution in [0.2, 0.25) is 0 Å². The summed E-state index contributed by atoms with van der Waals surface area (Å²) in [7, 11) is 1.61. The lowest BCUT2D eigenvalue weighted by atomic mass is 10.1. The molecule has 1 saturated heterocycles. The number of carbonyl (C=O) groups excluding carboxylic acids is 1. The van der Waals surface area contributed by atoms with E-state index in [1.165, 1.54) is 0 Å². The molecule has 0 saturated carbocycles. The van der Waals surface area contributed by atoms with E-state index in [2.05, 4.69) is 28.6 Å². The molecule has 2 rings (SSSR count). The van der Waals surface area contributed by atoms with Crippen molar-refractivity contribution in [2.75, 3.05) is 24.3 Å². The summed E-state index contributed by atoms with van der Waals surface area (Å²) in [6.45, 7) is 0.723. The summed E-state index contributed by atoms with van der Waals surface area (Å²) >= 11 is 7.65. The molecule has 0 radical (unpaired) electrons. The Hall–Kier alpha value is -0.680. The van der Waals surface area contributed by atoms with Crippen LogP contribution in [0.1, 0.15) is 6.42 Å². The van der Waals surface area contributed by atoms with Gasteiger partial charge in [0.25, 0.3) is 0 Å². The van der Waals surface area contributed by atoms with E-state index in [1.807, 2.05) is 18.2 Å². The van der Waals surface area contributed by atoms with Crippen LogP contribution < -0.4 is 9.64 Å². The van der Waals surface area contributed by atoms with E-state index in [0.29, 0.717) is 18.1 Å². The molecule has 1 aromatic rings. The van der Waals surface area contributed by atoms with Gasteiger partial charge in [-0.3, -0.25) is 4.79 Å². The van der Waals surface area contributed by atoms with Crippen LogP contribution in [0.15, 0.2) is 22.7 Å². The van der Waals surface area contributed by atoms with E-state index >= 15 is 0 Å². The number of amides is 1. The minimum Gasteiger partial charge on any atom is -0.495 e. The molecule has 1 aliphatic heterocycles. The number of ether oxygens (including phenoxy) is 1. The average molecular weight is 316 g/mol. The Bertz CT molecular complexity index is 439. The summed E-state index contributed by atoms with van der Waals surface area (Å²) in [5.74, 6) is 1.93. The highest BCUT2D eigenvalue weighted by Crippen LogP contribution is 2.35. The molecule has 1 unspecified atom stereocenters. The Morgan fingerprint density at radius 2 is 2.35 bits per heavy atom. The van der Waals surface area contributed by atoms with Crippen LogP contribution in [0, 0.1) is 5.92 Å². The van der Waals surface area contributed by atoms with Gasteiger partial charge < -0.3 is 9.64 Å². The van der Waals surface area contributed by atoms with Crippen molar-refractivity contribution in [3.8, 4) is 5.75 Å². The molecule has 0 bridgehead atoms. The zero-order chi connectivity index (χ0) is 12.4. The highest BCUT2D eigenvalue weighted by atomic mass is 79.9. The quantitative estimate of drug-likeness (QED) is 0.869. The Morgan fingerprint density at radius 3 is 2.94 bits per heavy atom. The van der Waals surface area contributed by atoms with Crippen LogP contribution in [0.3, 0.4) is 0 Å². The molecule has 1 aliphatic rings. The van der Waals surface area contributed by atoms with E-state index < -0.39 is 0 Å². The van der Waals surface area contributed by atoms with Crippen LogP contribution in [0.5, 0.6) is 5.75 Å². The molecular formula is C12H14BrNO2S. The molecular weight excluding hydrogens is 302 g/mol. The fourth-order valence-corrected chi connectivity index (χ4v) is 2.60. The maximum Gasteiger partial charge on any atom is 0.227 e. The van der Waals surface area contributed by atoms with Crippen molar-refractivity contribution in [3.63, 3.8) is 0 Å². The van der Waals surface area contributed by atoms with E-state index in [0.717, 1.165) is 22.5 Å². The summed E-state index contributed by atoms with van der Waals surface area (Å²) in [5, 5.41) is 0. The van der Waals surface area contributed by atoms with Gasteiger partial charge in [0.05, 0.1) is 12.8 Å². The van der Waals surface area contributed by atoms with Gasteiger partial charge in [-0.25, -0.2) is 0 Å². The minimum atomic E-state index is 0.143. The van der Waals surface area contributed by atoms with E-state index in [1.54, 1.807) is 12.0 Å². The predicted molar refractivity (Wildman–Crippen MR) is 75.0 cm³/mol. The summed E-state index contributed by atoms with van der Waals surface area (Å²) in [4.78, 5) is 13.7. The third-order valence-corrected chi connectivity index (χ3v) is 3.91. The predicted octanol–water partition coefficient (Wildman–Crippen LogP) is 2.74. The SMILES string of the molecule is COc1cc(Br)ccc1N1CC(CS)CC1=O. The first-order valence-electron chi connectivity index (χ1n) is 5.40. The number of anilines is 1. The van der Waals surface area contributed by atoms with Crippen molar-refractivity contribution < 1.29 is 9.53 Å². The monoisotopic (exact) mass is 315 g/mol. The second-order valence-corrected chi connectivity index (χ2v) is 5.35. The number of halogens is 1. The first-order valence-corrected chi connectivity index (χ1v) is 6.83. The van der Waals surface area contributed by atoms with Gasteiger partial charge >= 0.3 is 0 Å². The normalized spacial score (nSPS) is 19.8. The number of nitrogens with zero attached hydrogens (tertiary/aromatic N) is 1. The van der Waals surface area contributed by atoms with Crippen LogP contribution in [0.25, 0.3) is 0 Å². The van der Waals surface area contributed by atoms with Gasteiger partial charge in [-0.2, -0.15) is 12.6 Å². The number of carbonyl (C=O) groups is 1. The van der Waals surface area contributed by atoms with Crippen LogP contribution in [0.4, 0.5) is 5.69 Å². The van der Waals surface area contributed by atoms with E-state index in [-0.39, 0.29) is 5.91 Å². The van der Waals surface area contributed by atoms with Crippen molar-refractivity contribution in [2.24, 2.45) is 5.92 Å². The van der Waals surface area contributed by atoms with Crippen LogP contribution in [-0.4, -0.2) is 25.3 Å². The lowest BCUT2D eigenvalue weighted by Gasteiger charge is -2.19. The molecule has 0 spiro atoms. The molecule has 1 fully saturated rings. The van der Waals surface area contributed by atoms with Crippen molar-refractivity contribution in [1.82, 2.24) is 0 Å². The Balaban J connectivity index is 2.31. The lowest BCUT2D eigenvalue weighted by molar-refractivity contribution is -0.117. The van der Waals surface area contributed by atoms with Crippen molar-refractivity contribution in [3.05, 3.63) is 22.7 Å². The second-order valence-electron chi connectivity index (χ2n) is 4.07. The second kappa shape index (κ2) is 5.31. The highest BCUT2D eigenvalue weighted by Gasteiger charge is 2.31. The standard InChI is InChI=1S/C12H14BrNO2S/c1-16-11-5-9(13)2-3-10(11)14-6-8(7-17)4-12(14)15/h2-3,5,8,17H,4,6-7H2,1H3. The topological polar surface area (TPSA) is 29.5 Å². The molecule has 92 valence electrons. The summed E-state index contributed by atoms with van der Waals surface area (Å²) in [6.07, 6.45) is 0.572. The van der Waals surface area contributed by atoms with Gasteiger partial charge in [-0.15, -0.1) is 0 Å². The zero-order valence-electron chi connectivity index (χ0n) is 9.52. The third-order valence-electron chi connectivity index (χ3n) is 2.90. The largest absolute Gasteiger partial charge is 0.495 e. The number of hydrogen-bond acceptors (Lipinski definition) is 3. The average Bonchev–Trinajstić information content (AvgIpc) is 2.70. The van der Waals surface area contributed by atoms with E-state index in [4.69, 9.17) is 4.74 Å². The fourth-order valence-electron chi connectivity index (χ4n) is 2.01. The first-order chi connectivity index (χ1) is 8.15. The zero-order valence-corrected chi connectivity index (χ0v) is 12.0. The molecule has 1 aromatic carbocycles. The van der Waals surface area contributed by atoms with Gasteiger partial charge in [0.2, 0.25) is 5.91 Å². The molecule has 0 N–H and O–H groups in total. The Morgan fingerprint density at radius 1 is 1.59 bits per heavy atom. The third kappa shape index (κ3) is 2.60. The molecule has 3 nitrogen and oxygen atoms in total. The lowest BCUT2D eigenvalue weighted by Crippen LogP contribution is -2.25. The summed E-state index contributed by atoms with van der Waals surface area (Å²) in [5.41, 5.74) is 0.838. The molecule has 1 amide bonds. The van der Waals surface area contributed by atoms with Crippen molar-refractivity contribution in [2.45, 2.75) is 6.42 Å². The van der Waals surface area contributed by atoms with Crippen molar-refractivity contribution >= 4 is 40.2 Å². The number of benzene rings is 1. The molecule has 1 heterocycles. The van der Waals surface area contributed by atoms with Gasteiger partial charge in [0, 0.05) is 17.4 Å². The van der Waals surface area contributed by atoms with Crippen molar-refractivity contribution in [1.29, 1.82) is 0 Å². The summed E-state index contributed by atoms with van der Waals surface area (Å²) < 4.78 is 6.25. The molecule has 0 aromatic heterocycles. The fraction of sp³-hybridized carbons (Fsp3) is 0.417. The number of rotatable bonds is 3. The highest BCUT2D eigenvalue weighted by molar-refractivity contribution is 9.10. The number of methoxy groups -OCH3 is 1. The maximum atomic E-state index is 11.9. The Kier molecular flexibility index (Phi) is 3.99. The molecule has 5 heteroatoms. The number of thiol groups is 1. The minimum absolute atomic E-state index is 0.143. The van der Waals surface area contributed by atoms with Gasteiger partial charge in [0.15, 0.2) is 0 Å². The maximum absolute atomic E-state index is 11.9. The van der Waals surface area contributed by atoms with Crippen LogP contribution in [-0.2, 0) is 4.79 Å². The smallest absolute Gasteiger partial charge is 0.227 e. The molecule has 1 atom stereocenters.